The molecule has 0 radical (unpaired) electrons. The van der Waals surface area contributed by atoms with Gasteiger partial charge in [-0.15, -0.1) is 17.8 Å². The predicted octanol–water partition coefficient (Wildman–Crippen LogP) is 2.67. The zero-order valence-corrected chi connectivity index (χ0v) is 6.90. The van der Waals surface area contributed by atoms with E-state index >= 15 is 0 Å². The lowest BCUT2D eigenvalue weighted by Crippen LogP contribution is -1.73. The standard InChI is InChI=1S/C9H8NS/c1-2-9-10-7-5-3-4-6-8(7)11-9/h3-6H,1-2H2/q-1. The van der Waals surface area contributed by atoms with Crippen LogP contribution in [0.3, 0.4) is 0 Å². The number of aromatic nitrogens is 1. The fourth-order valence-electron chi connectivity index (χ4n) is 1.03. The first-order valence-corrected chi connectivity index (χ1v) is 4.35. The van der Waals surface area contributed by atoms with Gasteiger partial charge in [0.15, 0.2) is 0 Å². The number of rotatable bonds is 1. The maximum absolute atomic E-state index is 4.39. The van der Waals surface area contributed by atoms with Gasteiger partial charge in [-0.25, -0.2) is 4.98 Å². The van der Waals surface area contributed by atoms with Crippen molar-refractivity contribution in [2.45, 2.75) is 6.42 Å². The van der Waals surface area contributed by atoms with E-state index in [1.54, 1.807) is 11.3 Å². The zero-order valence-electron chi connectivity index (χ0n) is 6.08. The molecule has 0 saturated heterocycles. The van der Waals surface area contributed by atoms with Crippen molar-refractivity contribution >= 4 is 21.6 Å². The maximum Gasteiger partial charge on any atom is 0.0814 e. The second kappa shape index (κ2) is 2.62. The maximum atomic E-state index is 4.39. The summed E-state index contributed by atoms with van der Waals surface area (Å²) in [6, 6.07) is 8.17. The summed E-state index contributed by atoms with van der Waals surface area (Å²) < 4.78 is 1.26. The van der Waals surface area contributed by atoms with Crippen LogP contribution in [0.4, 0.5) is 0 Å². The van der Waals surface area contributed by atoms with Crippen LogP contribution in [0.1, 0.15) is 5.01 Å². The molecule has 0 amide bonds. The molecule has 0 atom stereocenters. The Balaban J connectivity index is 2.69. The topological polar surface area (TPSA) is 12.9 Å². The van der Waals surface area contributed by atoms with E-state index in [-0.39, 0.29) is 0 Å². The van der Waals surface area contributed by atoms with Crippen LogP contribution in [0.25, 0.3) is 10.2 Å². The molecule has 0 bridgehead atoms. The Bertz CT molecular complexity index is 331. The summed E-state index contributed by atoms with van der Waals surface area (Å²) >= 11 is 1.72. The van der Waals surface area contributed by atoms with Gasteiger partial charge < -0.3 is 6.92 Å². The van der Waals surface area contributed by atoms with Crippen LogP contribution in [0.2, 0.25) is 0 Å². The molecule has 2 heteroatoms. The highest BCUT2D eigenvalue weighted by Crippen LogP contribution is 2.21. The van der Waals surface area contributed by atoms with Crippen LogP contribution in [-0.4, -0.2) is 4.98 Å². The first-order chi connectivity index (χ1) is 5.40. The van der Waals surface area contributed by atoms with E-state index in [1.165, 1.54) is 4.70 Å². The number of hydrogen-bond donors (Lipinski definition) is 0. The lowest BCUT2D eigenvalue weighted by Gasteiger charge is -1.85. The van der Waals surface area contributed by atoms with E-state index in [0.717, 1.165) is 16.9 Å². The predicted molar refractivity (Wildman–Crippen MR) is 48.7 cm³/mol. The molecular formula is C9H8NS-. The zero-order chi connectivity index (χ0) is 7.68. The third-order valence-electron chi connectivity index (χ3n) is 1.55. The number of fused-ring (bicyclic) bond motifs is 1. The Morgan fingerprint density at radius 3 is 2.91 bits per heavy atom. The quantitative estimate of drug-likeness (QED) is 0.587. The number of benzene rings is 1. The molecule has 1 aromatic carbocycles. The Hall–Kier alpha value is -0.890. The minimum Gasteiger partial charge on any atom is -0.337 e. The molecule has 11 heavy (non-hydrogen) atoms. The van der Waals surface area contributed by atoms with Gasteiger partial charge in [0.2, 0.25) is 0 Å². The van der Waals surface area contributed by atoms with Gasteiger partial charge in [-0.3, -0.25) is 0 Å². The molecule has 0 aliphatic carbocycles. The Morgan fingerprint density at radius 2 is 2.18 bits per heavy atom. The number of nitrogens with zero attached hydrogens (tertiary/aromatic N) is 1. The summed E-state index contributed by atoms with van der Waals surface area (Å²) in [5.74, 6) is 0. The lowest BCUT2D eigenvalue weighted by molar-refractivity contribution is 1.21. The Kier molecular flexibility index (Phi) is 1.62. The average molecular weight is 162 g/mol. The summed E-state index contributed by atoms with van der Waals surface area (Å²) in [4.78, 5) is 4.39. The van der Waals surface area contributed by atoms with Crippen molar-refractivity contribution in [1.29, 1.82) is 0 Å². The van der Waals surface area contributed by atoms with E-state index in [0.29, 0.717) is 0 Å². The molecule has 0 unspecified atom stereocenters. The minimum absolute atomic E-state index is 0.791. The third kappa shape index (κ3) is 1.14. The smallest absolute Gasteiger partial charge is 0.0814 e. The van der Waals surface area contributed by atoms with Gasteiger partial charge in [0.25, 0.3) is 0 Å². The van der Waals surface area contributed by atoms with Crippen molar-refractivity contribution in [3.63, 3.8) is 0 Å². The average Bonchev–Trinajstić information content (AvgIpc) is 2.46. The van der Waals surface area contributed by atoms with E-state index < -0.39 is 0 Å². The van der Waals surface area contributed by atoms with Gasteiger partial charge in [-0.2, -0.15) is 0 Å². The van der Waals surface area contributed by atoms with Crippen LogP contribution in [-0.2, 0) is 6.42 Å². The Morgan fingerprint density at radius 1 is 1.36 bits per heavy atom. The van der Waals surface area contributed by atoms with E-state index in [1.807, 2.05) is 18.2 Å². The normalized spacial score (nSPS) is 10.6. The first-order valence-electron chi connectivity index (χ1n) is 3.54. The molecule has 0 fully saturated rings. The van der Waals surface area contributed by atoms with Crippen LogP contribution in [0.5, 0.6) is 0 Å². The van der Waals surface area contributed by atoms with Crippen molar-refractivity contribution in [3.8, 4) is 0 Å². The third-order valence-corrected chi connectivity index (χ3v) is 2.65. The molecule has 1 nitrogen and oxygen atoms in total. The van der Waals surface area contributed by atoms with Gasteiger partial charge in [0.1, 0.15) is 0 Å². The summed E-state index contributed by atoms with van der Waals surface area (Å²) in [7, 11) is 0. The molecule has 0 aliphatic rings. The van der Waals surface area contributed by atoms with Crippen LogP contribution >= 0.6 is 11.3 Å². The second-order valence-corrected chi connectivity index (χ2v) is 3.44. The SMILES string of the molecule is [CH2-]Cc1nc2ccccc2s1. The molecule has 0 saturated carbocycles. The van der Waals surface area contributed by atoms with Crippen molar-refractivity contribution < 1.29 is 0 Å². The number of para-hydroxylation sites is 1. The number of thiazole rings is 1. The van der Waals surface area contributed by atoms with E-state index in [4.69, 9.17) is 0 Å². The fourth-order valence-corrected chi connectivity index (χ4v) is 1.89. The van der Waals surface area contributed by atoms with Gasteiger partial charge in [0, 0.05) is 0 Å². The lowest BCUT2D eigenvalue weighted by atomic mass is 10.3. The fraction of sp³-hybridized carbons (Fsp3) is 0.111. The first kappa shape index (κ1) is 6.80. The minimum atomic E-state index is 0.791. The van der Waals surface area contributed by atoms with Crippen LogP contribution in [0.15, 0.2) is 24.3 Å². The van der Waals surface area contributed by atoms with E-state index in [2.05, 4.69) is 18.0 Å². The molecule has 0 N–H and O–H groups in total. The highest BCUT2D eigenvalue weighted by atomic mass is 32.1. The summed E-state index contributed by atoms with van der Waals surface area (Å²) in [5, 5.41) is 1.12. The van der Waals surface area contributed by atoms with Crippen molar-refractivity contribution in [2.24, 2.45) is 0 Å². The molecule has 0 spiro atoms. The second-order valence-electron chi connectivity index (χ2n) is 2.33. The van der Waals surface area contributed by atoms with E-state index in [9.17, 15) is 0 Å². The van der Waals surface area contributed by atoms with Gasteiger partial charge >= 0.3 is 0 Å². The molecule has 0 aliphatic heterocycles. The van der Waals surface area contributed by atoms with Crippen LogP contribution in [0, 0.1) is 6.92 Å². The summed E-state index contributed by atoms with van der Waals surface area (Å²) in [6.07, 6.45) is 0.791. The van der Waals surface area contributed by atoms with Gasteiger partial charge in [-0.05, 0) is 12.1 Å². The summed E-state index contributed by atoms with van der Waals surface area (Å²) in [6.45, 7) is 3.80. The molecule has 1 heterocycles. The molecule has 2 aromatic rings. The molecule has 1 aromatic heterocycles. The molecule has 2 rings (SSSR count). The van der Waals surface area contributed by atoms with Crippen LogP contribution < -0.4 is 0 Å². The largest absolute Gasteiger partial charge is 0.337 e. The highest BCUT2D eigenvalue weighted by molar-refractivity contribution is 7.18. The number of hydrogen-bond acceptors (Lipinski definition) is 2. The molecular weight excluding hydrogens is 154 g/mol. The van der Waals surface area contributed by atoms with Gasteiger partial charge in [0.05, 0.1) is 15.2 Å². The highest BCUT2D eigenvalue weighted by Gasteiger charge is 1.96. The monoisotopic (exact) mass is 162 g/mol. The van der Waals surface area contributed by atoms with Crippen molar-refractivity contribution in [1.82, 2.24) is 4.98 Å². The van der Waals surface area contributed by atoms with Crippen molar-refractivity contribution in [2.75, 3.05) is 0 Å². The van der Waals surface area contributed by atoms with Crippen molar-refractivity contribution in [3.05, 3.63) is 36.2 Å². The molecule has 56 valence electrons. The van der Waals surface area contributed by atoms with Gasteiger partial charge in [-0.1, -0.05) is 12.1 Å². The Labute approximate surface area is 69.7 Å². The summed E-state index contributed by atoms with van der Waals surface area (Å²) in [5.41, 5.74) is 1.09.